The van der Waals surface area contributed by atoms with Gasteiger partial charge in [0.2, 0.25) is 0 Å². The Bertz CT molecular complexity index is 577. The first kappa shape index (κ1) is 15.0. The molecule has 1 aliphatic rings. The molecule has 2 nitrogen and oxygen atoms in total. The lowest BCUT2D eigenvalue weighted by Gasteiger charge is -2.28. The van der Waals surface area contributed by atoms with Crippen LogP contribution in [0.1, 0.15) is 32.3 Å². The van der Waals surface area contributed by atoms with Crippen molar-refractivity contribution in [2.75, 3.05) is 19.6 Å². The predicted octanol–water partition coefficient (Wildman–Crippen LogP) is 4.11. The summed E-state index contributed by atoms with van der Waals surface area (Å²) >= 11 is 1.88. The fraction of sp³-hybridized carbons (Fsp3) is 0.556. The van der Waals surface area contributed by atoms with E-state index in [2.05, 4.69) is 53.7 Å². The second kappa shape index (κ2) is 6.91. The van der Waals surface area contributed by atoms with E-state index in [1.807, 2.05) is 11.3 Å². The number of hydrogen-bond donors (Lipinski definition) is 1. The number of fused-ring (bicyclic) bond motifs is 1. The van der Waals surface area contributed by atoms with Gasteiger partial charge in [-0.15, -0.1) is 11.3 Å². The molecule has 0 spiro atoms. The number of benzene rings is 1. The highest BCUT2D eigenvalue weighted by Gasteiger charge is 2.22. The Morgan fingerprint density at radius 2 is 2.24 bits per heavy atom. The van der Waals surface area contributed by atoms with Gasteiger partial charge in [-0.3, -0.25) is 4.90 Å². The van der Waals surface area contributed by atoms with Crippen LogP contribution in [0.4, 0.5) is 0 Å². The minimum atomic E-state index is 0.641. The van der Waals surface area contributed by atoms with Gasteiger partial charge in [0.1, 0.15) is 0 Å². The van der Waals surface area contributed by atoms with Crippen molar-refractivity contribution in [1.29, 1.82) is 0 Å². The highest BCUT2D eigenvalue weighted by molar-refractivity contribution is 7.17. The third-order valence-corrected chi connectivity index (χ3v) is 5.81. The van der Waals surface area contributed by atoms with Crippen LogP contribution in [0.15, 0.2) is 29.6 Å². The molecule has 1 N–H and O–H groups in total. The van der Waals surface area contributed by atoms with E-state index in [-0.39, 0.29) is 0 Å². The Morgan fingerprint density at radius 3 is 3.10 bits per heavy atom. The van der Waals surface area contributed by atoms with E-state index < -0.39 is 0 Å². The third kappa shape index (κ3) is 3.47. The van der Waals surface area contributed by atoms with E-state index >= 15 is 0 Å². The Balaban J connectivity index is 1.73. The number of nitrogens with one attached hydrogen (secondary N) is 1. The van der Waals surface area contributed by atoms with Crippen LogP contribution in [0.2, 0.25) is 0 Å². The quantitative estimate of drug-likeness (QED) is 0.914. The van der Waals surface area contributed by atoms with Crippen LogP contribution in [0, 0.1) is 5.92 Å². The van der Waals surface area contributed by atoms with Gasteiger partial charge in [0.05, 0.1) is 0 Å². The molecular weight excluding hydrogens is 276 g/mol. The minimum Gasteiger partial charge on any atom is -0.312 e. The molecule has 0 saturated carbocycles. The highest BCUT2D eigenvalue weighted by atomic mass is 32.1. The summed E-state index contributed by atoms with van der Waals surface area (Å²) in [5.74, 6) is 0.754. The van der Waals surface area contributed by atoms with E-state index in [1.54, 1.807) is 0 Å². The molecule has 0 amide bonds. The second-order valence-corrected chi connectivity index (χ2v) is 7.20. The van der Waals surface area contributed by atoms with E-state index in [0.717, 1.165) is 19.0 Å². The lowest BCUT2D eigenvalue weighted by atomic mass is 9.99. The molecule has 1 fully saturated rings. The molecule has 21 heavy (non-hydrogen) atoms. The zero-order valence-electron chi connectivity index (χ0n) is 13.1. The fourth-order valence-electron chi connectivity index (χ4n) is 3.23. The van der Waals surface area contributed by atoms with Crippen molar-refractivity contribution in [1.82, 2.24) is 10.2 Å². The zero-order chi connectivity index (χ0) is 14.7. The van der Waals surface area contributed by atoms with Crippen LogP contribution in [-0.4, -0.2) is 30.6 Å². The van der Waals surface area contributed by atoms with E-state index in [4.69, 9.17) is 0 Å². The summed E-state index contributed by atoms with van der Waals surface area (Å²) in [6.07, 6.45) is 2.52. The summed E-state index contributed by atoms with van der Waals surface area (Å²) in [6, 6.07) is 9.43. The third-order valence-electron chi connectivity index (χ3n) is 4.80. The number of rotatable bonds is 4. The van der Waals surface area contributed by atoms with Gasteiger partial charge in [0, 0.05) is 23.8 Å². The van der Waals surface area contributed by atoms with Crippen LogP contribution < -0.4 is 5.32 Å². The van der Waals surface area contributed by atoms with Gasteiger partial charge >= 0.3 is 0 Å². The normalized spacial score (nSPS) is 22.3. The molecule has 2 atom stereocenters. The average Bonchev–Trinajstić information content (AvgIpc) is 2.77. The van der Waals surface area contributed by atoms with Crippen molar-refractivity contribution >= 4 is 21.4 Å². The van der Waals surface area contributed by atoms with Crippen LogP contribution in [0.3, 0.4) is 0 Å². The molecule has 3 rings (SSSR count). The Hall–Kier alpha value is -0.900. The summed E-state index contributed by atoms with van der Waals surface area (Å²) in [7, 11) is 0. The molecule has 2 aromatic rings. The van der Waals surface area contributed by atoms with Crippen molar-refractivity contribution in [3.05, 3.63) is 35.2 Å². The van der Waals surface area contributed by atoms with Crippen molar-refractivity contribution in [3.63, 3.8) is 0 Å². The molecule has 1 aromatic heterocycles. The SMILES string of the molecule is CCC(C)C1CN(Cc2csc3ccccc23)CCCN1. The standard InChI is InChI=1S/C18H26N2S/c1-3-14(2)17-12-20(10-6-9-19-17)11-15-13-21-18-8-5-4-7-16(15)18/h4-5,7-8,13-14,17,19H,3,6,9-12H2,1-2H3. The lowest BCUT2D eigenvalue weighted by Crippen LogP contribution is -2.41. The Labute approximate surface area is 132 Å². The van der Waals surface area contributed by atoms with Gasteiger partial charge in [-0.1, -0.05) is 38.5 Å². The molecule has 3 heteroatoms. The van der Waals surface area contributed by atoms with Crippen molar-refractivity contribution in [2.45, 2.75) is 39.3 Å². The molecule has 1 aliphatic heterocycles. The van der Waals surface area contributed by atoms with Gasteiger partial charge < -0.3 is 5.32 Å². The first-order valence-corrected chi connectivity index (χ1v) is 9.06. The van der Waals surface area contributed by atoms with Crippen LogP contribution >= 0.6 is 11.3 Å². The second-order valence-electron chi connectivity index (χ2n) is 6.29. The van der Waals surface area contributed by atoms with Crippen molar-refractivity contribution < 1.29 is 0 Å². The maximum Gasteiger partial charge on any atom is 0.0346 e. The molecule has 2 heterocycles. The van der Waals surface area contributed by atoms with Gasteiger partial charge in [0.15, 0.2) is 0 Å². The fourth-order valence-corrected chi connectivity index (χ4v) is 4.18. The van der Waals surface area contributed by atoms with Gasteiger partial charge in [-0.2, -0.15) is 0 Å². The van der Waals surface area contributed by atoms with Crippen molar-refractivity contribution in [3.8, 4) is 0 Å². The van der Waals surface area contributed by atoms with E-state index in [1.165, 1.54) is 41.6 Å². The molecule has 2 unspecified atom stereocenters. The number of thiophene rings is 1. The first-order valence-electron chi connectivity index (χ1n) is 8.18. The molecule has 114 valence electrons. The largest absolute Gasteiger partial charge is 0.312 e. The summed E-state index contributed by atoms with van der Waals surface area (Å²) < 4.78 is 1.42. The van der Waals surface area contributed by atoms with E-state index in [9.17, 15) is 0 Å². The summed E-state index contributed by atoms with van der Waals surface area (Å²) in [5.41, 5.74) is 1.50. The molecule has 0 radical (unpaired) electrons. The van der Waals surface area contributed by atoms with Crippen molar-refractivity contribution in [2.24, 2.45) is 5.92 Å². The predicted molar refractivity (Wildman–Crippen MR) is 93.0 cm³/mol. The topological polar surface area (TPSA) is 15.3 Å². The molecule has 0 aliphatic carbocycles. The van der Waals surface area contributed by atoms with Gasteiger partial charge in [-0.05, 0) is 47.8 Å². The van der Waals surface area contributed by atoms with E-state index in [0.29, 0.717) is 6.04 Å². The van der Waals surface area contributed by atoms with Gasteiger partial charge in [-0.25, -0.2) is 0 Å². The van der Waals surface area contributed by atoms with Crippen LogP contribution in [0.25, 0.3) is 10.1 Å². The highest BCUT2D eigenvalue weighted by Crippen LogP contribution is 2.27. The van der Waals surface area contributed by atoms with Gasteiger partial charge in [0.25, 0.3) is 0 Å². The zero-order valence-corrected chi connectivity index (χ0v) is 14.0. The maximum atomic E-state index is 3.74. The average molecular weight is 302 g/mol. The van der Waals surface area contributed by atoms with Crippen LogP contribution in [0.5, 0.6) is 0 Å². The lowest BCUT2D eigenvalue weighted by molar-refractivity contribution is 0.232. The molecule has 1 saturated heterocycles. The summed E-state index contributed by atoms with van der Waals surface area (Å²) in [4.78, 5) is 2.64. The smallest absolute Gasteiger partial charge is 0.0346 e. The molecule has 0 bridgehead atoms. The monoisotopic (exact) mass is 302 g/mol. The summed E-state index contributed by atoms with van der Waals surface area (Å²) in [5, 5.41) is 7.53. The van der Waals surface area contributed by atoms with Crippen LogP contribution in [-0.2, 0) is 6.54 Å². The summed E-state index contributed by atoms with van der Waals surface area (Å²) in [6.45, 7) is 9.33. The number of nitrogens with zero attached hydrogens (tertiary/aromatic N) is 1. The maximum absolute atomic E-state index is 3.74. The molecule has 1 aromatic carbocycles. The Kier molecular flexibility index (Phi) is 4.94. The first-order chi connectivity index (χ1) is 10.3. The minimum absolute atomic E-state index is 0.641. The Morgan fingerprint density at radius 1 is 1.38 bits per heavy atom. The number of hydrogen-bond acceptors (Lipinski definition) is 3. The molecular formula is C18H26N2S.